The minimum Gasteiger partial charge on any atom is -0.507 e. The van der Waals surface area contributed by atoms with Gasteiger partial charge in [0.2, 0.25) is 5.91 Å². The molecule has 1 aromatic rings. The third-order valence-corrected chi connectivity index (χ3v) is 4.49. The number of carboxylic acids is 1. The molecule has 1 aromatic carbocycles. The number of aromatic carboxylic acids is 1. The summed E-state index contributed by atoms with van der Waals surface area (Å²) in [6, 6.07) is 2.43. The van der Waals surface area contributed by atoms with E-state index in [1.807, 2.05) is 4.90 Å². The van der Waals surface area contributed by atoms with Gasteiger partial charge in [-0.2, -0.15) is 0 Å². The van der Waals surface area contributed by atoms with E-state index in [-0.39, 0.29) is 42.0 Å². The van der Waals surface area contributed by atoms with Crippen LogP contribution in [0.3, 0.4) is 0 Å². The summed E-state index contributed by atoms with van der Waals surface area (Å²) in [5, 5.41) is 31.0. The van der Waals surface area contributed by atoms with Crippen LogP contribution in [0.4, 0.5) is 0 Å². The first-order valence-electron chi connectivity index (χ1n) is 9.18. The zero-order valence-electron chi connectivity index (χ0n) is 15.6. The molecule has 152 valence electrons. The average molecular weight is 391 g/mol. The summed E-state index contributed by atoms with van der Waals surface area (Å²) >= 11 is 0. The molecule has 0 spiro atoms. The van der Waals surface area contributed by atoms with Crippen LogP contribution in [0.5, 0.6) is 11.5 Å². The number of carbonyl (C=O) groups is 2. The number of likely N-dealkylation sites (tertiary alicyclic amines) is 1. The Labute approximate surface area is 164 Å². The van der Waals surface area contributed by atoms with E-state index in [0.29, 0.717) is 44.6 Å². The summed E-state index contributed by atoms with van der Waals surface area (Å²) in [5.41, 5.74) is 6.04. The van der Waals surface area contributed by atoms with Crippen LogP contribution in [0.1, 0.15) is 22.3 Å². The lowest BCUT2D eigenvalue weighted by Crippen LogP contribution is -2.59. The lowest BCUT2D eigenvalue weighted by Gasteiger charge is -2.40. The predicted octanol–water partition coefficient (Wildman–Crippen LogP) is -0.891. The zero-order chi connectivity index (χ0) is 20.7. The topological polar surface area (TPSA) is 145 Å². The van der Waals surface area contributed by atoms with Crippen LogP contribution in [-0.2, 0) is 11.2 Å². The smallest absolute Gasteiger partial charge is 0.343 e. The number of ether oxygens (including phenoxy) is 1. The third kappa shape index (κ3) is 5.60. The number of amides is 1. The Morgan fingerprint density at radius 3 is 2.71 bits per heavy atom. The molecule has 0 saturated carbocycles. The van der Waals surface area contributed by atoms with Crippen molar-refractivity contribution in [2.24, 2.45) is 5.73 Å². The number of benzene rings is 1. The van der Waals surface area contributed by atoms with Crippen molar-refractivity contribution in [2.45, 2.75) is 31.3 Å². The molecule has 2 radical (unpaired) electrons. The summed E-state index contributed by atoms with van der Waals surface area (Å²) in [4.78, 5) is 25.3. The summed E-state index contributed by atoms with van der Waals surface area (Å²) in [6.07, 6.45) is 0.864. The van der Waals surface area contributed by atoms with Crippen molar-refractivity contribution >= 4 is 19.7 Å². The van der Waals surface area contributed by atoms with Gasteiger partial charge in [0, 0.05) is 32.8 Å². The number of nitrogens with one attached hydrogen (secondary N) is 1. The van der Waals surface area contributed by atoms with E-state index >= 15 is 0 Å². The van der Waals surface area contributed by atoms with Crippen LogP contribution in [0, 0.1) is 0 Å². The SMILES string of the molecule is [B]CCc1ccc(OC2CN(CC(N)C(=O)NCCCO)C2)c(C(=O)O)c1O. The van der Waals surface area contributed by atoms with Crippen molar-refractivity contribution in [3.63, 3.8) is 0 Å². The van der Waals surface area contributed by atoms with Gasteiger partial charge in [-0.3, -0.25) is 9.69 Å². The molecule has 0 aromatic heterocycles. The van der Waals surface area contributed by atoms with E-state index in [2.05, 4.69) is 5.32 Å². The molecule has 1 amide bonds. The molecule has 2 rings (SSSR count). The molecule has 1 atom stereocenters. The molecule has 0 bridgehead atoms. The van der Waals surface area contributed by atoms with Crippen molar-refractivity contribution in [1.82, 2.24) is 10.2 Å². The molecule has 10 heteroatoms. The summed E-state index contributed by atoms with van der Waals surface area (Å²) in [7, 11) is 5.47. The van der Waals surface area contributed by atoms with Crippen molar-refractivity contribution in [3.05, 3.63) is 23.3 Å². The molecule has 1 aliphatic rings. The maximum Gasteiger partial charge on any atom is 0.343 e. The van der Waals surface area contributed by atoms with Gasteiger partial charge >= 0.3 is 5.97 Å². The van der Waals surface area contributed by atoms with Gasteiger partial charge < -0.3 is 31.1 Å². The third-order valence-electron chi connectivity index (χ3n) is 4.49. The van der Waals surface area contributed by atoms with Gasteiger partial charge in [0.1, 0.15) is 23.2 Å². The second-order valence-corrected chi connectivity index (χ2v) is 6.72. The predicted molar refractivity (Wildman–Crippen MR) is 103 cm³/mol. The summed E-state index contributed by atoms with van der Waals surface area (Å²) in [5.74, 6) is -1.79. The van der Waals surface area contributed by atoms with E-state index in [4.69, 9.17) is 23.4 Å². The highest BCUT2D eigenvalue weighted by Crippen LogP contribution is 2.33. The molecule has 1 heterocycles. The molecule has 1 unspecified atom stereocenters. The number of aromatic hydroxyl groups is 1. The standard InChI is InChI=1S/C18H26BN3O6/c19-5-4-11-2-3-14(15(16(11)24)18(26)27)28-12-8-22(9-12)10-13(20)17(25)21-6-1-7-23/h2-3,12-13,23-24H,1,4-10,20H2,(H,21,25)(H,26,27). The first-order valence-corrected chi connectivity index (χ1v) is 9.18. The number of hydrogen-bond donors (Lipinski definition) is 5. The normalized spacial score (nSPS) is 15.6. The van der Waals surface area contributed by atoms with Crippen molar-refractivity contribution in [2.75, 3.05) is 32.8 Å². The summed E-state index contributed by atoms with van der Waals surface area (Å²) in [6.45, 7) is 1.69. The number of aliphatic hydroxyl groups is 1. The Bertz CT molecular complexity index is 696. The van der Waals surface area contributed by atoms with Gasteiger partial charge in [-0.1, -0.05) is 12.4 Å². The molecule has 28 heavy (non-hydrogen) atoms. The fourth-order valence-corrected chi connectivity index (χ4v) is 2.99. The number of aliphatic hydroxyl groups excluding tert-OH is 1. The Kier molecular flexibility index (Phi) is 8.10. The lowest BCUT2D eigenvalue weighted by atomic mass is 9.95. The van der Waals surface area contributed by atoms with Gasteiger partial charge in [0.05, 0.1) is 13.9 Å². The Morgan fingerprint density at radius 2 is 2.11 bits per heavy atom. The minimum atomic E-state index is -1.27. The lowest BCUT2D eigenvalue weighted by molar-refractivity contribution is -0.123. The van der Waals surface area contributed by atoms with Crippen molar-refractivity contribution in [1.29, 1.82) is 0 Å². The van der Waals surface area contributed by atoms with Crippen LogP contribution in [0.15, 0.2) is 12.1 Å². The Balaban J connectivity index is 1.88. The first kappa shape index (κ1) is 22.0. The van der Waals surface area contributed by atoms with E-state index in [1.54, 1.807) is 6.07 Å². The molecule has 9 nitrogen and oxygen atoms in total. The number of phenols is 1. The Hall–Kier alpha value is -2.30. The molecule has 6 N–H and O–H groups in total. The fourth-order valence-electron chi connectivity index (χ4n) is 2.99. The number of hydrogen-bond acceptors (Lipinski definition) is 7. The highest BCUT2D eigenvalue weighted by Gasteiger charge is 2.32. The van der Waals surface area contributed by atoms with Crippen molar-refractivity contribution in [3.8, 4) is 11.5 Å². The van der Waals surface area contributed by atoms with Gasteiger partial charge in [0.25, 0.3) is 0 Å². The number of nitrogens with two attached hydrogens (primary N) is 1. The van der Waals surface area contributed by atoms with E-state index in [9.17, 15) is 19.8 Å². The van der Waals surface area contributed by atoms with E-state index in [0.717, 1.165) is 0 Å². The Morgan fingerprint density at radius 1 is 1.39 bits per heavy atom. The summed E-state index contributed by atoms with van der Waals surface area (Å²) < 4.78 is 5.73. The number of nitrogens with zero attached hydrogens (tertiary/aromatic N) is 1. The second kappa shape index (κ2) is 10.3. The van der Waals surface area contributed by atoms with Crippen molar-refractivity contribution < 1.29 is 29.6 Å². The maximum absolute atomic E-state index is 11.8. The largest absolute Gasteiger partial charge is 0.507 e. The fraction of sp³-hybridized carbons (Fsp3) is 0.556. The molecule has 1 saturated heterocycles. The van der Waals surface area contributed by atoms with Gasteiger partial charge in [0.15, 0.2) is 0 Å². The van der Waals surface area contributed by atoms with E-state index < -0.39 is 12.0 Å². The molecule has 0 aliphatic carbocycles. The molecular weight excluding hydrogens is 365 g/mol. The average Bonchev–Trinajstić information content (AvgIpc) is 2.61. The number of rotatable bonds is 11. The molecule has 1 fully saturated rings. The van der Waals surface area contributed by atoms with Crippen LogP contribution in [-0.4, -0.2) is 84.9 Å². The second-order valence-electron chi connectivity index (χ2n) is 6.72. The van der Waals surface area contributed by atoms with Crippen LogP contribution in [0.2, 0.25) is 6.32 Å². The molecular formula is C18H26BN3O6. The maximum atomic E-state index is 11.8. The number of carbonyl (C=O) groups excluding carboxylic acids is 1. The highest BCUT2D eigenvalue weighted by molar-refractivity contribution is 6.08. The van der Waals surface area contributed by atoms with E-state index in [1.165, 1.54) is 6.07 Å². The minimum absolute atomic E-state index is 0.00173. The van der Waals surface area contributed by atoms with Gasteiger partial charge in [-0.05, 0) is 24.5 Å². The number of aryl methyl sites for hydroxylation is 1. The van der Waals surface area contributed by atoms with Crippen LogP contribution < -0.4 is 15.8 Å². The van der Waals surface area contributed by atoms with Crippen LogP contribution >= 0.6 is 0 Å². The number of carboxylic acid groups (broad SMARTS) is 1. The quantitative estimate of drug-likeness (QED) is 0.241. The highest BCUT2D eigenvalue weighted by atomic mass is 16.5. The monoisotopic (exact) mass is 391 g/mol. The van der Waals surface area contributed by atoms with Gasteiger partial charge in [-0.25, -0.2) is 4.79 Å². The first-order chi connectivity index (χ1) is 13.4. The van der Waals surface area contributed by atoms with Gasteiger partial charge in [-0.15, -0.1) is 0 Å². The molecule has 1 aliphatic heterocycles. The zero-order valence-corrected chi connectivity index (χ0v) is 15.6. The van der Waals surface area contributed by atoms with Crippen LogP contribution in [0.25, 0.3) is 0 Å².